The summed E-state index contributed by atoms with van der Waals surface area (Å²) in [5, 5.41) is 0. The van der Waals surface area contributed by atoms with Crippen LogP contribution in [0.1, 0.15) is 125 Å². The van der Waals surface area contributed by atoms with Crippen LogP contribution in [0.15, 0.2) is 12.2 Å². The highest BCUT2D eigenvalue weighted by Crippen LogP contribution is 2.74. The van der Waals surface area contributed by atoms with Crippen molar-refractivity contribution in [2.24, 2.45) is 51.4 Å². The van der Waals surface area contributed by atoms with Crippen molar-refractivity contribution in [1.82, 2.24) is 0 Å². The summed E-state index contributed by atoms with van der Waals surface area (Å²) in [5.74, 6) is 2.83. The van der Waals surface area contributed by atoms with E-state index in [-0.39, 0.29) is 11.1 Å². The molecule has 4 N–H and O–H groups in total. The third-order valence-corrected chi connectivity index (χ3v) is 11.8. The standard InChI is InChI=1S/C27H46N2.C3H8/c1-6-23(4)13-15-26(19-7-8-19)22-11-12-24(5)20(18(2)3)9-10-21(24)27(22,29)16-14-25(26,28)17-23;1-3-2/h19-22H,2,6-17,28-29H2,1,3-5H3;3H2,1-2H3/t20?,21?,22?,23-,24?,25?,26?,27?;/m0./s1. The molecule has 0 aromatic heterocycles. The van der Waals surface area contributed by atoms with Crippen molar-refractivity contribution in [2.45, 2.75) is 136 Å². The monoisotopic (exact) mass is 442 g/mol. The lowest BCUT2D eigenvalue weighted by Gasteiger charge is -2.71. The predicted molar refractivity (Wildman–Crippen MR) is 138 cm³/mol. The lowest BCUT2D eigenvalue weighted by atomic mass is 9.36. The minimum absolute atomic E-state index is 0.00260. The van der Waals surface area contributed by atoms with Crippen molar-refractivity contribution in [3.8, 4) is 0 Å². The number of rotatable bonds is 3. The van der Waals surface area contributed by atoms with Gasteiger partial charge in [0.1, 0.15) is 0 Å². The molecule has 0 saturated heterocycles. The summed E-state index contributed by atoms with van der Waals surface area (Å²) >= 11 is 0. The van der Waals surface area contributed by atoms with E-state index >= 15 is 0 Å². The van der Waals surface area contributed by atoms with Gasteiger partial charge in [0.2, 0.25) is 0 Å². The molecule has 5 aliphatic rings. The highest BCUT2D eigenvalue weighted by molar-refractivity contribution is 5.28. The van der Waals surface area contributed by atoms with Crippen LogP contribution in [0.5, 0.6) is 0 Å². The average Bonchev–Trinajstić information content (AvgIpc) is 3.50. The minimum Gasteiger partial charge on any atom is -0.325 e. The lowest BCUT2D eigenvalue weighted by molar-refractivity contribution is -0.170. The maximum atomic E-state index is 7.63. The van der Waals surface area contributed by atoms with E-state index in [4.69, 9.17) is 11.5 Å². The quantitative estimate of drug-likeness (QED) is 0.442. The first kappa shape index (κ1) is 24.8. The fourth-order valence-corrected chi connectivity index (χ4v) is 10.2. The Morgan fingerprint density at radius 3 is 2.06 bits per heavy atom. The second-order valence-corrected chi connectivity index (χ2v) is 13.8. The Balaban J connectivity index is 0.000000775. The maximum absolute atomic E-state index is 7.63. The van der Waals surface area contributed by atoms with Gasteiger partial charge in [-0.05, 0) is 117 Å². The van der Waals surface area contributed by atoms with Gasteiger partial charge in [-0.3, -0.25) is 0 Å². The Bertz CT molecular complexity index is 726. The Morgan fingerprint density at radius 2 is 1.50 bits per heavy atom. The minimum atomic E-state index is 0.00260. The first-order chi connectivity index (χ1) is 15.0. The Morgan fingerprint density at radius 1 is 0.844 bits per heavy atom. The fourth-order valence-electron chi connectivity index (χ4n) is 10.2. The van der Waals surface area contributed by atoms with E-state index < -0.39 is 0 Å². The largest absolute Gasteiger partial charge is 0.325 e. The third kappa shape index (κ3) is 3.32. The summed E-state index contributed by atoms with van der Waals surface area (Å²) in [4.78, 5) is 0. The zero-order valence-electron chi connectivity index (χ0n) is 22.4. The van der Waals surface area contributed by atoms with Gasteiger partial charge in [0, 0.05) is 11.1 Å². The smallest absolute Gasteiger partial charge is 0.0223 e. The van der Waals surface area contributed by atoms with Crippen LogP contribution in [-0.2, 0) is 0 Å². The van der Waals surface area contributed by atoms with Gasteiger partial charge in [-0.15, -0.1) is 0 Å². The zero-order valence-corrected chi connectivity index (χ0v) is 22.4. The van der Waals surface area contributed by atoms with E-state index in [9.17, 15) is 0 Å². The van der Waals surface area contributed by atoms with Crippen molar-refractivity contribution in [1.29, 1.82) is 0 Å². The Hall–Kier alpha value is -0.340. The summed E-state index contributed by atoms with van der Waals surface area (Å²) in [5.41, 5.74) is 17.7. The van der Waals surface area contributed by atoms with Crippen LogP contribution in [0.4, 0.5) is 0 Å². The maximum Gasteiger partial charge on any atom is 0.0223 e. The van der Waals surface area contributed by atoms with Crippen LogP contribution in [0, 0.1) is 39.9 Å². The van der Waals surface area contributed by atoms with Gasteiger partial charge >= 0.3 is 0 Å². The molecule has 5 fully saturated rings. The van der Waals surface area contributed by atoms with E-state index in [2.05, 4.69) is 48.1 Å². The lowest BCUT2D eigenvalue weighted by Crippen LogP contribution is -2.76. The molecule has 0 bridgehead atoms. The highest BCUT2D eigenvalue weighted by Gasteiger charge is 2.73. The van der Waals surface area contributed by atoms with E-state index in [1.54, 1.807) is 0 Å². The zero-order chi connectivity index (χ0) is 23.6. The molecule has 0 spiro atoms. The summed E-state index contributed by atoms with van der Waals surface area (Å²) in [6.45, 7) is 18.4. The Kier molecular flexibility index (Phi) is 6.28. The van der Waals surface area contributed by atoms with Crippen molar-refractivity contribution in [2.75, 3.05) is 0 Å². The summed E-state index contributed by atoms with van der Waals surface area (Å²) in [7, 11) is 0. The van der Waals surface area contributed by atoms with Crippen LogP contribution >= 0.6 is 0 Å². The molecular formula is C30H54N2. The van der Waals surface area contributed by atoms with Gasteiger partial charge in [0.05, 0.1) is 0 Å². The third-order valence-electron chi connectivity index (χ3n) is 11.8. The van der Waals surface area contributed by atoms with Gasteiger partial charge < -0.3 is 11.5 Å². The number of hydrogen-bond acceptors (Lipinski definition) is 2. The normalized spacial score (nSPS) is 52.2. The molecule has 184 valence electrons. The topological polar surface area (TPSA) is 52.0 Å². The van der Waals surface area contributed by atoms with Gasteiger partial charge in [0.15, 0.2) is 0 Å². The molecule has 2 heteroatoms. The average molecular weight is 443 g/mol. The number of hydrogen-bond donors (Lipinski definition) is 2. The first-order valence-electron chi connectivity index (χ1n) is 14.2. The molecule has 0 heterocycles. The molecule has 0 aromatic rings. The van der Waals surface area contributed by atoms with Crippen molar-refractivity contribution in [3.63, 3.8) is 0 Å². The second kappa shape index (κ2) is 8.11. The number of allylic oxidation sites excluding steroid dienone is 1. The molecule has 7 unspecified atom stereocenters. The molecule has 2 nitrogen and oxygen atoms in total. The van der Waals surface area contributed by atoms with E-state index in [1.165, 1.54) is 76.2 Å². The van der Waals surface area contributed by atoms with E-state index in [0.29, 0.717) is 34.0 Å². The first-order valence-corrected chi connectivity index (χ1v) is 14.2. The molecule has 0 amide bonds. The van der Waals surface area contributed by atoms with Gasteiger partial charge in [0.25, 0.3) is 0 Å². The van der Waals surface area contributed by atoms with E-state index in [0.717, 1.165) is 18.8 Å². The fraction of sp³-hybridized carbons (Fsp3) is 0.933. The summed E-state index contributed by atoms with van der Waals surface area (Å²) < 4.78 is 0. The molecule has 5 saturated carbocycles. The van der Waals surface area contributed by atoms with Crippen LogP contribution in [-0.4, -0.2) is 11.1 Å². The van der Waals surface area contributed by atoms with Gasteiger partial charge in [-0.2, -0.15) is 0 Å². The Labute approximate surface area is 199 Å². The van der Waals surface area contributed by atoms with Crippen molar-refractivity contribution < 1.29 is 0 Å². The van der Waals surface area contributed by atoms with Crippen LogP contribution in [0.2, 0.25) is 0 Å². The summed E-state index contributed by atoms with van der Waals surface area (Å²) in [6, 6.07) is 0. The summed E-state index contributed by atoms with van der Waals surface area (Å²) in [6.07, 6.45) is 16.9. The van der Waals surface area contributed by atoms with E-state index in [1.807, 2.05) is 0 Å². The molecule has 0 aliphatic heterocycles. The van der Waals surface area contributed by atoms with Gasteiger partial charge in [-0.1, -0.05) is 59.6 Å². The van der Waals surface area contributed by atoms with Gasteiger partial charge in [-0.25, -0.2) is 0 Å². The second-order valence-electron chi connectivity index (χ2n) is 13.8. The molecule has 5 aliphatic carbocycles. The molecule has 0 aromatic carbocycles. The SMILES string of the molecule is C=C(C)C1CCC2C1(C)CCC1C2(N)CCC2(N)C[C@@](C)(CC)CCC12C1CC1.CCC. The number of fused-ring (bicyclic) bond motifs is 5. The predicted octanol–water partition coefficient (Wildman–Crippen LogP) is 7.61. The molecule has 5 rings (SSSR count). The van der Waals surface area contributed by atoms with Crippen molar-refractivity contribution in [3.05, 3.63) is 12.2 Å². The number of nitrogens with two attached hydrogens (primary N) is 2. The van der Waals surface area contributed by atoms with Crippen LogP contribution in [0.25, 0.3) is 0 Å². The van der Waals surface area contributed by atoms with Crippen LogP contribution in [0.3, 0.4) is 0 Å². The molecule has 8 atom stereocenters. The van der Waals surface area contributed by atoms with Crippen LogP contribution < -0.4 is 11.5 Å². The molecule has 0 radical (unpaired) electrons. The molecule has 32 heavy (non-hydrogen) atoms. The highest BCUT2D eigenvalue weighted by atomic mass is 15.0. The van der Waals surface area contributed by atoms with Crippen molar-refractivity contribution >= 4 is 0 Å². The molecular weight excluding hydrogens is 388 g/mol.